The van der Waals surface area contributed by atoms with Gasteiger partial charge in [-0.2, -0.15) is 0 Å². The summed E-state index contributed by atoms with van der Waals surface area (Å²) in [6, 6.07) is 4.78. The van der Waals surface area contributed by atoms with Crippen molar-refractivity contribution < 1.29 is 9.13 Å². The standard InChI is InChI=1S/C16H25FN2O/c1-12(15-9-14(17)6-7-16(15)20-3)18-10-13-5-4-8-19(2)11-13/h6-7,9,12-13,18H,4-5,8,10-11H2,1-3H3. The third-order valence-electron chi connectivity index (χ3n) is 4.09. The molecule has 3 nitrogen and oxygen atoms in total. The van der Waals surface area contributed by atoms with Crippen molar-refractivity contribution in [3.8, 4) is 5.75 Å². The van der Waals surface area contributed by atoms with E-state index in [1.54, 1.807) is 19.2 Å². The molecule has 1 aliphatic heterocycles. The van der Waals surface area contributed by atoms with Gasteiger partial charge in [0.2, 0.25) is 0 Å². The molecule has 2 unspecified atom stereocenters. The maximum atomic E-state index is 13.4. The highest BCUT2D eigenvalue weighted by Crippen LogP contribution is 2.26. The van der Waals surface area contributed by atoms with E-state index >= 15 is 0 Å². The SMILES string of the molecule is COc1ccc(F)cc1C(C)NCC1CCCN(C)C1. The Morgan fingerprint density at radius 1 is 1.50 bits per heavy atom. The normalized spacial score (nSPS) is 21.7. The number of hydrogen-bond acceptors (Lipinski definition) is 3. The molecule has 1 saturated heterocycles. The Balaban J connectivity index is 1.94. The van der Waals surface area contributed by atoms with E-state index in [0.717, 1.165) is 24.4 Å². The molecule has 2 rings (SSSR count). The molecule has 1 heterocycles. The third kappa shape index (κ3) is 3.93. The van der Waals surface area contributed by atoms with Gasteiger partial charge in [-0.3, -0.25) is 0 Å². The first-order chi connectivity index (χ1) is 9.60. The maximum Gasteiger partial charge on any atom is 0.123 e. The lowest BCUT2D eigenvalue weighted by Gasteiger charge is -2.30. The minimum Gasteiger partial charge on any atom is -0.496 e. The molecular weight excluding hydrogens is 255 g/mol. The summed E-state index contributed by atoms with van der Waals surface area (Å²) in [5.41, 5.74) is 0.886. The van der Waals surface area contributed by atoms with Crippen LogP contribution in [0.25, 0.3) is 0 Å². The zero-order chi connectivity index (χ0) is 14.5. The lowest BCUT2D eigenvalue weighted by Crippen LogP contribution is -2.38. The highest BCUT2D eigenvalue weighted by molar-refractivity contribution is 5.36. The van der Waals surface area contributed by atoms with E-state index in [9.17, 15) is 4.39 Å². The topological polar surface area (TPSA) is 24.5 Å². The van der Waals surface area contributed by atoms with E-state index < -0.39 is 0 Å². The second-order valence-electron chi connectivity index (χ2n) is 5.79. The molecule has 0 amide bonds. The van der Waals surface area contributed by atoms with E-state index in [1.807, 2.05) is 0 Å². The number of piperidine rings is 1. The Morgan fingerprint density at radius 3 is 3.00 bits per heavy atom. The van der Waals surface area contributed by atoms with Gasteiger partial charge in [-0.15, -0.1) is 0 Å². The zero-order valence-electron chi connectivity index (χ0n) is 12.7. The smallest absolute Gasteiger partial charge is 0.123 e. The summed E-state index contributed by atoms with van der Waals surface area (Å²) in [5, 5.41) is 3.52. The number of hydrogen-bond donors (Lipinski definition) is 1. The van der Waals surface area contributed by atoms with Crippen molar-refractivity contribution in [2.45, 2.75) is 25.8 Å². The highest BCUT2D eigenvalue weighted by atomic mass is 19.1. The average Bonchev–Trinajstić information content (AvgIpc) is 2.45. The Hall–Kier alpha value is -1.13. The number of benzene rings is 1. The Morgan fingerprint density at radius 2 is 2.30 bits per heavy atom. The van der Waals surface area contributed by atoms with Crippen molar-refractivity contribution in [1.82, 2.24) is 10.2 Å². The van der Waals surface area contributed by atoms with Crippen molar-refractivity contribution in [3.63, 3.8) is 0 Å². The summed E-state index contributed by atoms with van der Waals surface area (Å²) in [6.45, 7) is 5.36. The summed E-state index contributed by atoms with van der Waals surface area (Å²) in [4.78, 5) is 2.38. The van der Waals surface area contributed by atoms with Crippen LogP contribution in [0.3, 0.4) is 0 Å². The first-order valence-corrected chi connectivity index (χ1v) is 7.35. The third-order valence-corrected chi connectivity index (χ3v) is 4.09. The van der Waals surface area contributed by atoms with Gasteiger partial charge in [-0.25, -0.2) is 4.39 Å². The van der Waals surface area contributed by atoms with Crippen LogP contribution in [-0.2, 0) is 0 Å². The molecule has 20 heavy (non-hydrogen) atoms. The minimum absolute atomic E-state index is 0.0906. The van der Waals surface area contributed by atoms with Crippen molar-refractivity contribution in [1.29, 1.82) is 0 Å². The van der Waals surface area contributed by atoms with Crippen LogP contribution in [0.2, 0.25) is 0 Å². The predicted octanol–water partition coefficient (Wildman–Crippen LogP) is 2.83. The van der Waals surface area contributed by atoms with Gasteiger partial charge in [-0.1, -0.05) is 0 Å². The van der Waals surface area contributed by atoms with Crippen LogP contribution < -0.4 is 10.1 Å². The summed E-state index contributed by atoms with van der Waals surface area (Å²) in [6.07, 6.45) is 2.53. The molecule has 0 aromatic heterocycles. The van der Waals surface area contributed by atoms with Crippen molar-refractivity contribution >= 4 is 0 Å². The van der Waals surface area contributed by atoms with Crippen LogP contribution >= 0.6 is 0 Å². The number of rotatable bonds is 5. The maximum absolute atomic E-state index is 13.4. The zero-order valence-corrected chi connectivity index (χ0v) is 12.7. The fraction of sp³-hybridized carbons (Fsp3) is 0.625. The molecule has 1 N–H and O–H groups in total. The van der Waals surface area contributed by atoms with Crippen LogP contribution in [0.1, 0.15) is 31.4 Å². The van der Waals surface area contributed by atoms with Crippen LogP contribution in [0.15, 0.2) is 18.2 Å². The molecule has 0 bridgehead atoms. The molecule has 0 saturated carbocycles. The fourth-order valence-electron chi connectivity index (χ4n) is 2.94. The van der Waals surface area contributed by atoms with E-state index in [4.69, 9.17) is 4.74 Å². The largest absolute Gasteiger partial charge is 0.496 e. The second-order valence-corrected chi connectivity index (χ2v) is 5.79. The van der Waals surface area contributed by atoms with E-state index in [1.165, 1.54) is 25.5 Å². The molecule has 0 aliphatic carbocycles. The minimum atomic E-state index is -0.216. The molecule has 0 spiro atoms. The van der Waals surface area contributed by atoms with Gasteiger partial charge in [0.15, 0.2) is 0 Å². The quantitative estimate of drug-likeness (QED) is 0.897. The number of nitrogens with one attached hydrogen (secondary N) is 1. The summed E-state index contributed by atoms with van der Waals surface area (Å²) in [7, 11) is 3.80. The second kappa shape index (κ2) is 7.04. The number of likely N-dealkylation sites (tertiary alicyclic amines) is 1. The monoisotopic (exact) mass is 280 g/mol. The Kier molecular flexibility index (Phi) is 5.38. The fourth-order valence-corrected chi connectivity index (χ4v) is 2.94. The molecule has 1 aliphatic rings. The molecule has 1 aromatic carbocycles. The Labute approximate surface area is 121 Å². The van der Waals surface area contributed by atoms with Crippen molar-refractivity contribution in [2.75, 3.05) is 33.8 Å². The van der Waals surface area contributed by atoms with Crippen LogP contribution in [0, 0.1) is 11.7 Å². The first-order valence-electron chi connectivity index (χ1n) is 7.35. The van der Waals surface area contributed by atoms with Gasteiger partial charge in [0.25, 0.3) is 0 Å². The van der Waals surface area contributed by atoms with Crippen LogP contribution in [0.4, 0.5) is 4.39 Å². The number of nitrogens with zero attached hydrogens (tertiary/aromatic N) is 1. The predicted molar refractivity (Wildman–Crippen MR) is 79.6 cm³/mol. The first kappa shape index (κ1) is 15.3. The Bertz CT molecular complexity index is 438. The summed E-state index contributed by atoms with van der Waals surface area (Å²) in [5.74, 6) is 1.20. The molecular formula is C16H25FN2O. The lowest BCUT2D eigenvalue weighted by atomic mass is 9.97. The van der Waals surface area contributed by atoms with Crippen molar-refractivity contribution in [3.05, 3.63) is 29.6 Å². The average molecular weight is 280 g/mol. The molecule has 2 atom stereocenters. The number of methoxy groups -OCH3 is 1. The van der Waals surface area contributed by atoms with Crippen molar-refractivity contribution in [2.24, 2.45) is 5.92 Å². The number of halogens is 1. The summed E-state index contributed by atoms with van der Waals surface area (Å²) >= 11 is 0. The molecule has 1 fully saturated rings. The molecule has 4 heteroatoms. The summed E-state index contributed by atoms with van der Waals surface area (Å²) < 4.78 is 18.7. The molecule has 0 radical (unpaired) electrons. The van der Waals surface area contributed by atoms with Gasteiger partial charge in [0, 0.05) is 18.2 Å². The van der Waals surface area contributed by atoms with E-state index in [0.29, 0.717) is 5.92 Å². The van der Waals surface area contributed by atoms with Gasteiger partial charge in [0.05, 0.1) is 7.11 Å². The lowest BCUT2D eigenvalue weighted by molar-refractivity contribution is 0.203. The van der Waals surface area contributed by atoms with Crippen LogP contribution in [0.5, 0.6) is 5.75 Å². The van der Waals surface area contributed by atoms with Gasteiger partial charge in [0.1, 0.15) is 11.6 Å². The van der Waals surface area contributed by atoms with E-state index in [-0.39, 0.29) is 11.9 Å². The van der Waals surface area contributed by atoms with Gasteiger partial charge in [-0.05, 0) is 64.0 Å². The molecule has 1 aromatic rings. The van der Waals surface area contributed by atoms with Gasteiger partial charge < -0.3 is 15.0 Å². The van der Waals surface area contributed by atoms with Gasteiger partial charge >= 0.3 is 0 Å². The number of ether oxygens (including phenoxy) is 1. The highest BCUT2D eigenvalue weighted by Gasteiger charge is 2.19. The van der Waals surface area contributed by atoms with Crippen LogP contribution in [-0.4, -0.2) is 38.7 Å². The van der Waals surface area contributed by atoms with E-state index in [2.05, 4.69) is 24.2 Å². The molecule has 112 valence electrons.